The van der Waals surface area contributed by atoms with Crippen molar-refractivity contribution in [2.75, 3.05) is 18.5 Å². The molecule has 0 aliphatic heterocycles. The third kappa shape index (κ3) is 6.50. The van der Waals surface area contributed by atoms with Crippen LogP contribution >= 0.6 is 11.3 Å². The summed E-state index contributed by atoms with van der Waals surface area (Å²) in [6.07, 6.45) is 2.50. The minimum Gasteiger partial charge on any atom is -0.462 e. The Morgan fingerprint density at radius 3 is 2.55 bits per heavy atom. The maximum Gasteiger partial charge on any atom is 0.350 e. The predicted molar refractivity (Wildman–Crippen MR) is 105 cm³/mol. The summed E-state index contributed by atoms with van der Waals surface area (Å²) in [5.74, 6) is -1.90. The second-order valence-corrected chi connectivity index (χ2v) is 6.49. The van der Waals surface area contributed by atoms with Crippen LogP contribution in [0.5, 0.6) is 0 Å². The summed E-state index contributed by atoms with van der Waals surface area (Å²) in [5, 5.41) is 13.2. The SMILES string of the molecule is CCOC(=O)c1sc(NC(=O)COC(=O)C=Cc2ccc([N+](=O)[O-])cc2)nc1C. The molecule has 1 amide bonds. The molecule has 1 aromatic carbocycles. The van der Waals surface area contributed by atoms with E-state index < -0.39 is 29.4 Å². The molecule has 1 N–H and O–H groups in total. The molecule has 152 valence electrons. The molecule has 0 saturated carbocycles. The molecule has 10 nitrogen and oxygen atoms in total. The van der Waals surface area contributed by atoms with Crippen molar-refractivity contribution >= 4 is 46.1 Å². The van der Waals surface area contributed by atoms with Gasteiger partial charge in [0.15, 0.2) is 11.7 Å². The molecule has 0 fully saturated rings. The monoisotopic (exact) mass is 419 g/mol. The molecule has 2 rings (SSSR count). The zero-order chi connectivity index (χ0) is 21.4. The van der Waals surface area contributed by atoms with Crippen LogP contribution in [0.1, 0.15) is 27.9 Å². The number of hydrogen-bond acceptors (Lipinski definition) is 9. The van der Waals surface area contributed by atoms with Gasteiger partial charge in [-0.3, -0.25) is 20.2 Å². The van der Waals surface area contributed by atoms with E-state index in [0.29, 0.717) is 11.3 Å². The first-order valence-corrected chi connectivity index (χ1v) is 9.15. The molecular weight excluding hydrogens is 402 g/mol. The van der Waals surface area contributed by atoms with Crippen LogP contribution in [0.3, 0.4) is 0 Å². The molecule has 29 heavy (non-hydrogen) atoms. The fourth-order valence-corrected chi connectivity index (χ4v) is 2.92. The lowest BCUT2D eigenvalue weighted by Gasteiger charge is -2.02. The maximum absolute atomic E-state index is 11.9. The van der Waals surface area contributed by atoms with Gasteiger partial charge in [-0.15, -0.1) is 0 Å². The molecule has 0 bridgehead atoms. The van der Waals surface area contributed by atoms with Crippen molar-refractivity contribution in [1.82, 2.24) is 4.98 Å². The topological polar surface area (TPSA) is 138 Å². The lowest BCUT2D eigenvalue weighted by Crippen LogP contribution is -2.20. The maximum atomic E-state index is 11.9. The van der Waals surface area contributed by atoms with Gasteiger partial charge in [0.25, 0.3) is 11.6 Å². The van der Waals surface area contributed by atoms with E-state index in [-0.39, 0.29) is 22.3 Å². The zero-order valence-corrected chi connectivity index (χ0v) is 16.4. The molecule has 11 heteroatoms. The van der Waals surface area contributed by atoms with Gasteiger partial charge in [0.1, 0.15) is 4.88 Å². The molecule has 0 aliphatic carbocycles. The van der Waals surface area contributed by atoms with E-state index in [0.717, 1.165) is 17.4 Å². The summed E-state index contributed by atoms with van der Waals surface area (Å²) in [6, 6.07) is 5.55. The first kappa shape index (κ1) is 21.7. The highest BCUT2D eigenvalue weighted by molar-refractivity contribution is 7.17. The number of non-ortho nitro benzene ring substituents is 1. The molecule has 0 saturated heterocycles. The van der Waals surface area contributed by atoms with Gasteiger partial charge >= 0.3 is 11.9 Å². The molecule has 0 aliphatic rings. The number of nitrogens with one attached hydrogen (secondary N) is 1. The summed E-state index contributed by atoms with van der Waals surface area (Å²) < 4.78 is 9.72. The number of nitrogens with zero attached hydrogens (tertiary/aromatic N) is 2. The normalized spacial score (nSPS) is 10.6. The predicted octanol–water partition coefficient (Wildman–Crippen LogP) is 2.73. The Morgan fingerprint density at radius 2 is 1.93 bits per heavy atom. The average molecular weight is 419 g/mol. The van der Waals surface area contributed by atoms with E-state index in [4.69, 9.17) is 9.47 Å². The van der Waals surface area contributed by atoms with Gasteiger partial charge in [-0.25, -0.2) is 14.6 Å². The molecule has 1 heterocycles. The second-order valence-electron chi connectivity index (χ2n) is 5.49. The van der Waals surface area contributed by atoms with Crippen LogP contribution in [-0.2, 0) is 19.1 Å². The molecule has 2 aromatic rings. The standard InChI is InChI=1S/C18H17N3O7S/c1-3-27-17(24)16-11(2)19-18(29-16)20-14(22)10-28-15(23)9-6-12-4-7-13(8-5-12)21(25)26/h4-9H,3,10H2,1-2H3,(H,19,20,22). The summed E-state index contributed by atoms with van der Waals surface area (Å²) in [4.78, 5) is 49.7. The third-order valence-electron chi connectivity index (χ3n) is 3.37. The lowest BCUT2D eigenvalue weighted by atomic mass is 10.2. The van der Waals surface area contributed by atoms with E-state index in [1.807, 2.05) is 0 Å². The van der Waals surface area contributed by atoms with Gasteiger partial charge in [0, 0.05) is 18.2 Å². The van der Waals surface area contributed by atoms with Gasteiger partial charge in [-0.1, -0.05) is 11.3 Å². The number of aromatic nitrogens is 1. The highest BCUT2D eigenvalue weighted by atomic mass is 32.1. The van der Waals surface area contributed by atoms with E-state index in [1.54, 1.807) is 13.8 Å². The van der Waals surface area contributed by atoms with Gasteiger partial charge in [0.05, 0.1) is 17.2 Å². The molecule has 0 atom stereocenters. The fraction of sp³-hybridized carbons (Fsp3) is 0.222. The Balaban J connectivity index is 1.84. The van der Waals surface area contributed by atoms with Crippen molar-refractivity contribution in [2.24, 2.45) is 0 Å². The number of esters is 2. The first-order valence-electron chi connectivity index (χ1n) is 8.33. The minimum absolute atomic E-state index is 0.0649. The molecule has 0 radical (unpaired) electrons. The highest BCUT2D eigenvalue weighted by Gasteiger charge is 2.17. The number of carbonyl (C=O) groups excluding carboxylic acids is 3. The Bertz CT molecular complexity index is 951. The molecular formula is C18H17N3O7S. The van der Waals surface area contributed by atoms with Crippen molar-refractivity contribution in [2.45, 2.75) is 13.8 Å². The zero-order valence-electron chi connectivity index (χ0n) is 15.5. The van der Waals surface area contributed by atoms with E-state index in [9.17, 15) is 24.5 Å². The Labute approximate surface area is 169 Å². The fourth-order valence-electron chi connectivity index (χ4n) is 2.05. The quantitative estimate of drug-likeness (QED) is 0.298. The number of thiazole rings is 1. The summed E-state index contributed by atoms with van der Waals surface area (Å²) >= 11 is 0.961. The minimum atomic E-state index is -0.763. The molecule has 0 spiro atoms. The molecule has 0 unspecified atom stereocenters. The molecule has 1 aromatic heterocycles. The summed E-state index contributed by atoms with van der Waals surface area (Å²) in [6.45, 7) is 2.97. The van der Waals surface area contributed by atoms with E-state index in [1.165, 1.54) is 30.3 Å². The van der Waals surface area contributed by atoms with Gasteiger partial charge in [-0.05, 0) is 37.6 Å². The highest BCUT2D eigenvalue weighted by Crippen LogP contribution is 2.23. The van der Waals surface area contributed by atoms with Gasteiger partial charge in [0.2, 0.25) is 0 Å². The average Bonchev–Trinajstić information content (AvgIpc) is 3.05. The lowest BCUT2D eigenvalue weighted by molar-refractivity contribution is -0.384. The van der Waals surface area contributed by atoms with Crippen LogP contribution in [0.15, 0.2) is 30.3 Å². The summed E-state index contributed by atoms with van der Waals surface area (Å²) in [7, 11) is 0. The third-order valence-corrected chi connectivity index (χ3v) is 4.42. The Kier molecular flexibility index (Phi) is 7.54. The van der Waals surface area contributed by atoms with Crippen molar-refractivity contribution in [1.29, 1.82) is 0 Å². The van der Waals surface area contributed by atoms with Crippen molar-refractivity contribution in [3.05, 3.63) is 56.6 Å². The van der Waals surface area contributed by atoms with Crippen LogP contribution in [0.25, 0.3) is 6.08 Å². The van der Waals surface area contributed by atoms with Crippen molar-refractivity contribution in [3.8, 4) is 0 Å². The largest absolute Gasteiger partial charge is 0.462 e. The van der Waals surface area contributed by atoms with Gasteiger partial charge < -0.3 is 9.47 Å². The number of ether oxygens (including phenoxy) is 2. The van der Waals surface area contributed by atoms with Crippen molar-refractivity contribution < 1.29 is 28.8 Å². The number of benzene rings is 1. The number of carbonyl (C=O) groups is 3. The van der Waals surface area contributed by atoms with Crippen LogP contribution in [0, 0.1) is 17.0 Å². The van der Waals surface area contributed by atoms with Crippen LogP contribution < -0.4 is 5.32 Å². The number of nitro groups is 1. The number of nitro benzene ring substituents is 1. The number of rotatable bonds is 8. The summed E-state index contributed by atoms with van der Waals surface area (Å²) in [5.41, 5.74) is 0.915. The number of hydrogen-bond donors (Lipinski definition) is 1. The van der Waals surface area contributed by atoms with Crippen molar-refractivity contribution in [3.63, 3.8) is 0 Å². The number of aryl methyl sites for hydroxylation is 1. The van der Waals surface area contributed by atoms with Crippen LogP contribution in [0.2, 0.25) is 0 Å². The Morgan fingerprint density at radius 1 is 1.24 bits per heavy atom. The van der Waals surface area contributed by atoms with Crippen LogP contribution in [-0.4, -0.2) is 41.0 Å². The second kappa shape index (κ2) is 10.1. The Hall–Kier alpha value is -3.60. The first-order chi connectivity index (χ1) is 13.8. The number of anilines is 1. The van der Waals surface area contributed by atoms with Crippen LogP contribution in [0.4, 0.5) is 10.8 Å². The van der Waals surface area contributed by atoms with E-state index >= 15 is 0 Å². The van der Waals surface area contributed by atoms with E-state index in [2.05, 4.69) is 10.3 Å². The smallest absolute Gasteiger partial charge is 0.350 e. The number of amides is 1. The van der Waals surface area contributed by atoms with Gasteiger partial charge in [-0.2, -0.15) is 0 Å².